The molecule has 3 rings (SSSR count). The number of pyridine rings is 1. The lowest BCUT2D eigenvalue weighted by Crippen LogP contribution is -2.60. The van der Waals surface area contributed by atoms with Gasteiger partial charge in [-0.3, -0.25) is 30.1 Å². The van der Waals surface area contributed by atoms with Crippen molar-refractivity contribution in [2.24, 2.45) is 17.4 Å². The Bertz CT molecular complexity index is 884. The lowest BCUT2D eigenvalue weighted by Gasteiger charge is -2.42. The highest BCUT2D eigenvalue weighted by atomic mass is 16.5. The number of aliphatic carboxylic acids is 2. The number of amides is 2. The molecule has 0 radical (unpaired) electrons. The van der Waals surface area contributed by atoms with E-state index in [4.69, 9.17) is 26.7 Å². The average Bonchev–Trinajstić information content (AvgIpc) is 3.26. The number of hydrogen-bond donors (Lipinski definition) is 6. The fraction of sp³-hybridized carbons (Fsp3) is 0.524. The van der Waals surface area contributed by atoms with Crippen LogP contribution in [0, 0.1) is 11.3 Å². The number of primary amides is 1. The van der Waals surface area contributed by atoms with Crippen LogP contribution in [0.5, 0.6) is 0 Å². The quantitative estimate of drug-likeness (QED) is 0.197. The van der Waals surface area contributed by atoms with Crippen LogP contribution < -0.4 is 16.8 Å². The molecule has 2 aliphatic rings. The lowest BCUT2D eigenvalue weighted by atomic mass is 9.77. The third kappa shape index (κ3) is 6.48. The monoisotopic (exact) mass is 478 g/mol. The van der Waals surface area contributed by atoms with Crippen LogP contribution in [-0.4, -0.2) is 88.1 Å². The Morgan fingerprint density at radius 2 is 1.85 bits per heavy atom. The Morgan fingerprint density at radius 3 is 2.35 bits per heavy atom. The van der Waals surface area contributed by atoms with Crippen molar-refractivity contribution in [1.29, 1.82) is 5.41 Å². The molecule has 2 saturated heterocycles. The summed E-state index contributed by atoms with van der Waals surface area (Å²) in [5.41, 5.74) is 9.58. The normalized spacial score (nSPS) is 20.2. The van der Waals surface area contributed by atoms with Crippen molar-refractivity contribution in [2.45, 2.75) is 31.2 Å². The third-order valence-electron chi connectivity index (χ3n) is 5.87. The van der Waals surface area contributed by atoms with Gasteiger partial charge in [0.2, 0.25) is 11.8 Å². The zero-order chi connectivity index (χ0) is 25.3. The summed E-state index contributed by atoms with van der Waals surface area (Å²) in [5, 5.41) is 27.9. The summed E-state index contributed by atoms with van der Waals surface area (Å²) in [4.78, 5) is 50.6. The molecule has 1 aromatic rings. The Kier molecular flexibility index (Phi) is 9.45. The number of aromatic nitrogens is 1. The molecular weight excluding hydrogens is 448 g/mol. The predicted octanol–water partition coefficient (Wildman–Crippen LogP) is -1.00. The Labute approximate surface area is 196 Å². The number of carboxylic acid groups (broad SMARTS) is 2. The molecule has 2 amide bonds. The molecule has 8 N–H and O–H groups in total. The standard InChI is InChI=1S/C14H22N2O6.C7H8N4O/c17-11(8-15-9-12(18)19)16-5-1-4-14(16,13(20)21)10-2-6-22-7-3-10;8-6(9)5-2-1-4(3-11-5)7(10)12/h10,15H,1-9H2,(H,18,19)(H,20,21);1-3H,(H3,8,9)(H2,10,12)/t14-;/m1./s1. The number of likely N-dealkylation sites (tertiary alicyclic amines) is 1. The second kappa shape index (κ2) is 12.0. The number of hydrogen-bond acceptors (Lipinski definition) is 8. The van der Waals surface area contributed by atoms with Gasteiger partial charge < -0.3 is 31.3 Å². The molecule has 0 saturated carbocycles. The van der Waals surface area contributed by atoms with Crippen molar-refractivity contribution in [3.8, 4) is 0 Å². The Hall–Kier alpha value is -3.58. The average molecular weight is 479 g/mol. The number of carbonyl (C=O) groups excluding carboxylic acids is 2. The van der Waals surface area contributed by atoms with Crippen LogP contribution in [0.15, 0.2) is 18.3 Å². The maximum absolute atomic E-state index is 12.4. The van der Waals surface area contributed by atoms with Crippen LogP contribution in [0.25, 0.3) is 0 Å². The molecule has 186 valence electrons. The highest BCUT2D eigenvalue weighted by Crippen LogP contribution is 2.41. The van der Waals surface area contributed by atoms with E-state index >= 15 is 0 Å². The number of amidine groups is 1. The Morgan fingerprint density at radius 1 is 1.18 bits per heavy atom. The molecular formula is C21H30N6O7. The molecule has 2 fully saturated rings. The molecule has 0 spiro atoms. The minimum Gasteiger partial charge on any atom is -0.480 e. The summed E-state index contributed by atoms with van der Waals surface area (Å²) in [6.45, 7) is 0.941. The van der Waals surface area contributed by atoms with E-state index in [0.29, 0.717) is 56.7 Å². The van der Waals surface area contributed by atoms with Crippen LogP contribution in [0.2, 0.25) is 0 Å². The van der Waals surface area contributed by atoms with Gasteiger partial charge in [-0.2, -0.15) is 0 Å². The highest BCUT2D eigenvalue weighted by molar-refractivity contribution is 5.95. The largest absolute Gasteiger partial charge is 0.480 e. The summed E-state index contributed by atoms with van der Waals surface area (Å²) in [7, 11) is 0. The highest BCUT2D eigenvalue weighted by Gasteiger charge is 2.54. The van der Waals surface area contributed by atoms with E-state index in [0.717, 1.165) is 0 Å². The van der Waals surface area contributed by atoms with Gasteiger partial charge in [0.1, 0.15) is 17.1 Å². The first kappa shape index (κ1) is 26.7. The minimum atomic E-state index is -1.17. The summed E-state index contributed by atoms with van der Waals surface area (Å²) in [6, 6.07) is 2.95. The maximum Gasteiger partial charge on any atom is 0.329 e. The van der Waals surface area contributed by atoms with Crippen molar-refractivity contribution in [3.05, 3.63) is 29.6 Å². The van der Waals surface area contributed by atoms with E-state index in [9.17, 15) is 24.3 Å². The van der Waals surface area contributed by atoms with E-state index < -0.39 is 23.4 Å². The second-order valence-corrected chi connectivity index (χ2v) is 7.97. The first-order valence-electron chi connectivity index (χ1n) is 10.7. The number of ether oxygens (including phenoxy) is 1. The van der Waals surface area contributed by atoms with Gasteiger partial charge in [0.15, 0.2) is 0 Å². The van der Waals surface area contributed by atoms with E-state index in [-0.39, 0.29) is 30.8 Å². The zero-order valence-electron chi connectivity index (χ0n) is 18.7. The molecule has 0 bridgehead atoms. The van der Waals surface area contributed by atoms with Gasteiger partial charge in [0.05, 0.1) is 18.7 Å². The fourth-order valence-electron chi connectivity index (χ4n) is 4.26. The van der Waals surface area contributed by atoms with E-state index in [2.05, 4.69) is 10.3 Å². The summed E-state index contributed by atoms with van der Waals surface area (Å²) in [5.74, 6) is -3.17. The minimum absolute atomic E-state index is 0.121. The van der Waals surface area contributed by atoms with Gasteiger partial charge >= 0.3 is 11.9 Å². The topological polar surface area (TPSA) is 222 Å². The molecule has 3 heterocycles. The van der Waals surface area contributed by atoms with E-state index in [1.165, 1.54) is 23.2 Å². The van der Waals surface area contributed by atoms with E-state index in [1.54, 1.807) is 0 Å². The molecule has 1 atom stereocenters. The Balaban J connectivity index is 0.000000287. The van der Waals surface area contributed by atoms with Crippen molar-refractivity contribution in [1.82, 2.24) is 15.2 Å². The number of nitrogens with two attached hydrogens (primary N) is 2. The van der Waals surface area contributed by atoms with Gasteiger partial charge in [-0.05, 0) is 43.7 Å². The van der Waals surface area contributed by atoms with Gasteiger partial charge in [-0.1, -0.05) is 0 Å². The summed E-state index contributed by atoms with van der Waals surface area (Å²) < 4.78 is 5.30. The fourth-order valence-corrected chi connectivity index (χ4v) is 4.26. The van der Waals surface area contributed by atoms with Crippen molar-refractivity contribution in [2.75, 3.05) is 32.8 Å². The predicted molar refractivity (Wildman–Crippen MR) is 119 cm³/mol. The first-order chi connectivity index (χ1) is 16.1. The molecule has 0 aliphatic carbocycles. The number of nitrogens with zero attached hydrogens (tertiary/aromatic N) is 2. The van der Waals surface area contributed by atoms with Crippen LogP contribution >= 0.6 is 0 Å². The van der Waals surface area contributed by atoms with Crippen molar-refractivity contribution in [3.63, 3.8) is 0 Å². The zero-order valence-corrected chi connectivity index (χ0v) is 18.7. The molecule has 13 heteroatoms. The lowest BCUT2D eigenvalue weighted by molar-refractivity contribution is -0.163. The second-order valence-electron chi connectivity index (χ2n) is 7.97. The number of nitrogens with one attached hydrogen (secondary N) is 2. The molecule has 1 aromatic heterocycles. The van der Waals surface area contributed by atoms with Crippen LogP contribution in [0.4, 0.5) is 0 Å². The summed E-state index contributed by atoms with van der Waals surface area (Å²) >= 11 is 0. The molecule has 0 unspecified atom stereocenters. The smallest absolute Gasteiger partial charge is 0.329 e. The van der Waals surface area contributed by atoms with Crippen LogP contribution in [0.1, 0.15) is 41.7 Å². The number of carboxylic acids is 2. The molecule has 13 nitrogen and oxygen atoms in total. The number of carbonyl (C=O) groups is 4. The maximum atomic E-state index is 12.4. The van der Waals surface area contributed by atoms with Gasteiger partial charge in [-0.25, -0.2) is 4.79 Å². The first-order valence-corrected chi connectivity index (χ1v) is 10.7. The van der Waals surface area contributed by atoms with Crippen LogP contribution in [-0.2, 0) is 19.1 Å². The van der Waals surface area contributed by atoms with E-state index in [1.807, 2.05) is 0 Å². The van der Waals surface area contributed by atoms with Gasteiger partial charge in [0.25, 0.3) is 0 Å². The molecule has 0 aromatic carbocycles. The van der Waals surface area contributed by atoms with Crippen molar-refractivity contribution < 1.29 is 34.1 Å². The molecule has 34 heavy (non-hydrogen) atoms. The summed E-state index contributed by atoms with van der Waals surface area (Å²) in [6.07, 6.45) is 3.63. The molecule has 2 aliphatic heterocycles. The SMILES string of the molecule is N=C(N)c1ccc(C(N)=O)cn1.O=C(O)CNCC(=O)N1CCC[C@]1(C(=O)O)C1CCOCC1. The number of nitrogen functional groups attached to an aromatic ring is 1. The number of rotatable bonds is 8. The van der Waals surface area contributed by atoms with Crippen molar-refractivity contribution >= 4 is 29.6 Å². The van der Waals surface area contributed by atoms with Crippen LogP contribution in [0.3, 0.4) is 0 Å². The third-order valence-corrected chi connectivity index (χ3v) is 5.87. The van der Waals surface area contributed by atoms with Gasteiger partial charge in [0, 0.05) is 26.0 Å². The van der Waals surface area contributed by atoms with Gasteiger partial charge in [-0.15, -0.1) is 0 Å².